The molecular weight excluding hydrogens is 348 g/mol. The average molecular weight is 366 g/mol. The van der Waals surface area contributed by atoms with Crippen LogP contribution >= 0.6 is 0 Å². The number of rotatable bonds is 5. The van der Waals surface area contributed by atoms with E-state index in [1.165, 1.54) is 17.9 Å². The van der Waals surface area contributed by atoms with E-state index in [2.05, 4.69) is 15.5 Å². The van der Waals surface area contributed by atoms with E-state index < -0.39 is 5.91 Å². The summed E-state index contributed by atoms with van der Waals surface area (Å²) >= 11 is 0. The second kappa shape index (κ2) is 7.69. The van der Waals surface area contributed by atoms with Gasteiger partial charge in [0.25, 0.3) is 11.5 Å². The molecule has 0 fully saturated rings. The number of nitrogens with zero attached hydrogens (tertiary/aromatic N) is 3. The summed E-state index contributed by atoms with van der Waals surface area (Å²) in [5.41, 5.74) is 3.92. The highest BCUT2D eigenvalue weighted by atomic mass is 16.5. The average Bonchev–Trinajstić information content (AvgIpc) is 2.67. The van der Waals surface area contributed by atoms with Crippen molar-refractivity contribution in [2.75, 3.05) is 7.11 Å². The Labute approximate surface area is 154 Å². The van der Waals surface area contributed by atoms with Crippen LogP contribution in [0.1, 0.15) is 11.3 Å². The molecule has 0 spiro atoms. The number of hydrogen-bond donors (Lipinski definition) is 2. The van der Waals surface area contributed by atoms with Crippen molar-refractivity contribution in [2.24, 2.45) is 5.10 Å². The number of phenolic OH excluding ortho intramolecular Hbond substituents is 1. The van der Waals surface area contributed by atoms with Crippen LogP contribution in [-0.2, 0) is 11.3 Å². The fraction of sp³-hybridized carbons (Fsp3) is 0.158. The van der Waals surface area contributed by atoms with Gasteiger partial charge >= 0.3 is 0 Å². The number of para-hydroxylation sites is 3. The number of aromatic nitrogens is 2. The molecule has 3 rings (SSSR count). The quantitative estimate of drug-likeness (QED) is 0.527. The maximum atomic E-state index is 12.4. The van der Waals surface area contributed by atoms with Crippen molar-refractivity contribution in [1.29, 1.82) is 0 Å². The Morgan fingerprint density at radius 1 is 1.30 bits per heavy atom. The first-order valence-corrected chi connectivity index (χ1v) is 8.15. The van der Waals surface area contributed by atoms with Gasteiger partial charge < -0.3 is 9.84 Å². The molecule has 0 aliphatic rings. The molecule has 1 amide bonds. The van der Waals surface area contributed by atoms with E-state index in [9.17, 15) is 14.7 Å². The van der Waals surface area contributed by atoms with Crippen LogP contribution in [0.5, 0.6) is 11.5 Å². The lowest BCUT2D eigenvalue weighted by Gasteiger charge is -2.10. The zero-order valence-electron chi connectivity index (χ0n) is 14.8. The molecule has 2 N–H and O–H groups in total. The normalized spacial score (nSPS) is 11.0. The van der Waals surface area contributed by atoms with E-state index in [1.54, 1.807) is 43.3 Å². The molecule has 0 saturated carbocycles. The molecule has 0 atom stereocenters. The van der Waals surface area contributed by atoms with Crippen molar-refractivity contribution in [3.8, 4) is 11.5 Å². The molecule has 27 heavy (non-hydrogen) atoms. The number of nitrogens with one attached hydrogen (secondary N) is 1. The van der Waals surface area contributed by atoms with E-state index in [0.29, 0.717) is 28.0 Å². The summed E-state index contributed by atoms with van der Waals surface area (Å²) in [6.07, 6.45) is 1.30. The molecular formula is C19H18N4O4. The van der Waals surface area contributed by atoms with Gasteiger partial charge in [-0.25, -0.2) is 10.4 Å². The number of amides is 1. The van der Waals surface area contributed by atoms with Gasteiger partial charge in [0.15, 0.2) is 11.5 Å². The summed E-state index contributed by atoms with van der Waals surface area (Å²) in [6.45, 7) is 1.40. The van der Waals surface area contributed by atoms with Gasteiger partial charge in [-0.3, -0.25) is 14.2 Å². The molecule has 1 heterocycles. The number of aryl methyl sites for hydroxylation is 1. The smallest absolute Gasteiger partial charge is 0.272 e. The van der Waals surface area contributed by atoms with Crippen LogP contribution in [0, 0.1) is 6.92 Å². The van der Waals surface area contributed by atoms with E-state index in [-0.39, 0.29) is 17.9 Å². The van der Waals surface area contributed by atoms with Gasteiger partial charge in [-0.05, 0) is 31.2 Å². The minimum atomic E-state index is -0.480. The maximum absolute atomic E-state index is 12.4. The van der Waals surface area contributed by atoms with Crippen LogP contribution in [0.25, 0.3) is 11.0 Å². The van der Waals surface area contributed by atoms with Gasteiger partial charge in [-0.15, -0.1) is 0 Å². The predicted molar refractivity (Wildman–Crippen MR) is 101 cm³/mol. The van der Waals surface area contributed by atoms with Gasteiger partial charge in [0.2, 0.25) is 0 Å². The number of fused-ring (bicyclic) bond motifs is 1. The van der Waals surface area contributed by atoms with Crippen molar-refractivity contribution in [3.05, 3.63) is 64.1 Å². The van der Waals surface area contributed by atoms with Crippen LogP contribution in [0.2, 0.25) is 0 Å². The molecule has 2 aromatic carbocycles. The standard InChI is InChI=1S/C19H18N4O4/c1-12-19(26)23(15-8-4-3-7-14(15)21-12)11-17(24)22-20-10-13-6-5-9-16(27-2)18(13)25/h3-10,25H,11H2,1-2H3,(H,22,24)/b20-10-. The van der Waals surface area contributed by atoms with Crippen molar-refractivity contribution in [2.45, 2.75) is 13.5 Å². The molecule has 0 bridgehead atoms. The molecule has 0 radical (unpaired) electrons. The Kier molecular flexibility index (Phi) is 5.16. The Morgan fingerprint density at radius 3 is 2.85 bits per heavy atom. The molecule has 1 aromatic heterocycles. The Balaban J connectivity index is 1.79. The van der Waals surface area contributed by atoms with Crippen LogP contribution in [-0.4, -0.2) is 33.9 Å². The number of phenols is 1. The minimum absolute atomic E-state index is 0.0787. The van der Waals surface area contributed by atoms with Gasteiger partial charge in [0, 0.05) is 5.56 Å². The number of aromatic hydroxyl groups is 1. The largest absolute Gasteiger partial charge is 0.504 e. The Morgan fingerprint density at radius 2 is 2.07 bits per heavy atom. The SMILES string of the molecule is COc1cccc(/C=N\NC(=O)Cn2c(=O)c(C)nc3ccccc32)c1O. The topological polar surface area (TPSA) is 106 Å². The van der Waals surface area contributed by atoms with Gasteiger partial charge in [-0.1, -0.05) is 18.2 Å². The first kappa shape index (κ1) is 18.1. The molecule has 0 saturated heterocycles. The summed E-state index contributed by atoms with van der Waals surface area (Å²) in [7, 11) is 1.44. The highest BCUT2D eigenvalue weighted by molar-refractivity contribution is 5.86. The maximum Gasteiger partial charge on any atom is 0.272 e. The molecule has 0 aliphatic carbocycles. The summed E-state index contributed by atoms with van der Waals surface area (Å²) in [6, 6.07) is 12.0. The number of methoxy groups -OCH3 is 1. The highest BCUT2D eigenvalue weighted by Gasteiger charge is 2.11. The van der Waals surface area contributed by atoms with E-state index in [1.807, 2.05) is 6.07 Å². The fourth-order valence-electron chi connectivity index (χ4n) is 2.64. The summed E-state index contributed by atoms with van der Waals surface area (Å²) in [5, 5.41) is 13.8. The van der Waals surface area contributed by atoms with Crippen molar-refractivity contribution >= 4 is 23.2 Å². The number of benzene rings is 2. The first-order valence-electron chi connectivity index (χ1n) is 8.15. The van der Waals surface area contributed by atoms with E-state index in [0.717, 1.165) is 0 Å². The summed E-state index contributed by atoms with van der Waals surface area (Å²) < 4.78 is 6.37. The van der Waals surface area contributed by atoms with E-state index in [4.69, 9.17) is 4.74 Å². The van der Waals surface area contributed by atoms with Gasteiger partial charge in [-0.2, -0.15) is 5.10 Å². The predicted octanol–water partition coefficient (Wildman–Crippen LogP) is 1.57. The van der Waals surface area contributed by atoms with Gasteiger partial charge in [0.05, 0.1) is 24.4 Å². The lowest BCUT2D eigenvalue weighted by molar-refractivity contribution is -0.121. The number of carbonyl (C=O) groups is 1. The van der Waals surface area contributed by atoms with Crippen LogP contribution < -0.4 is 15.7 Å². The monoisotopic (exact) mass is 366 g/mol. The second-order valence-corrected chi connectivity index (χ2v) is 5.77. The fourth-order valence-corrected chi connectivity index (χ4v) is 2.64. The lowest BCUT2D eigenvalue weighted by atomic mass is 10.2. The molecule has 138 valence electrons. The lowest BCUT2D eigenvalue weighted by Crippen LogP contribution is -2.31. The van der Waals surface area contributed by atoms with Gasteiger partial charge in [0.1, 0.15) is 12.2 Å². The number of hydrogen-bond acceptors (Lipinski definition) is 6. The Bertz CT molecular complexity index is 1090. The minimum Gasteiger partial charge on any atom is -0.504 e. The number of ether oxygens (including phenoxy) is 1. The molecule has 0 unspecified atom stereocenters. The van der Waals surface area contributed by atoms with Crippen LogP contribution in [0.3, 0.4) is 0 Å². The van der Waals surface area contributed by atoms with Crippen molar-refractivity contribution in [3.63, 3.8) is 0 Å². The Hall–Kier alpha value is -3.68. The molecule has 8 nitrogen and oxygen atoms in total. The molecule has 0 aliphatic heterocycles. The van der Waals surface area contributed by atoms with Crippen LogP contribution in [0.4, 0.5) is 0 Å². The third-order valence-electron chi connectivity index (χ3n) is 3.96. The second-order valence-electron chi connectivity index (χ2n) is 5.77. The third kappa shape index (κ3) is 3.79. The van der Waals surface area contributed by atoms with Crippen LogP contribution in [0.15, 0.2) is 52.4 Å². The highest BCUT2D eigenvalue weighted by Crippen LogP contribution is 2.27. The molecule has 8 heteroatoms. The summed E-state index contributed by atoms with van der Waals surface area (Å²) in [5.74, 6) is -0.257. The third-order valence-corrected chi connectivity index (χ3v) is 3.96. The zero-order valence-corrected chi connectivity index (χ0v) is 14.8. The molecule has 3 aromatic rings. The van der Waals surface area contributed by atoms with Crippen molar-refractivity contribution < 1.29 is 14.6 Å². The van der Waals surface area contributed by atoms with E-state index >= 15 is 0 Å². The first-order chi connectivity index (χ1) is 13.0. The number of hydrazone groups is 1. The zero-order chi connectivity index (χ0) is 19.4. The number of carbonyl (C=O) groups excluding carboxylic acids is 1. The van der Waals surface area contributed by atoms with Crippen molar-refractivity contribution in [1.82, 2.24) is 15.0 Å². The summed E-state index contributed by atoms with van der Waals surface area (Å²) in [4.78, 5) is 28.8.